The number of nitrogens with zero attached hydrogens (tertiary/aromatic N) is 3. The van der Waals surface area contributed by atoms with E-state index >= 15 is 0 Å². The molecule has 0 spiro atoms. The Bertz CT molecular complexity index is 570. The van der Waals surface area contributed by atoms with Crippen LogP contribution in [0.25, 0.3) is 0 Å². The molecule has 2 heterocycles. The minimum Gasteiger partial charge on any atom is -0.341 e. The summed E-state index contributed by atoms with van der Waals surface area (Å²) in [5.41, 5.74) is -0.988. The number of hydrogen-bond donors (Lipinski definition) is 0. The van der Waals surface area contributed by atoms with Crippen molar-refractivity contribution in [2.45, 2.75) is 45.8 Å². The third-order valence-corrected chi connectivity index (χ3v) is 4.49. The molecule has 1 aliphatic heterocycles. The largest absolute Gasteiger partial charge is 0.436 e. The molecule has 2 rings (SSSR count). The van der Waals surface area contributed by atoms with Gasteiger partial charge in [0.15, 0.2) is 5.69 Å². The molecule has 4 nitrogen and oxygen atoms in total. The van der Waals surface area contributed by atoms with Gasteiger partial charge in [0.2, 0.25) is 5.91 Å². The van der Waals surface area contributed by atoms with Crippen LogP contribution in [0.5, 0.6) is 0 Å². The fraction of sp³-hybridized carbons (Fsp3) is 0.714. The van der Waals surface area contributed by atoms with Crippen molar-refractivity contribution < 1.29 is 18.0 Å². The van der Waals surface area contributed by atoms with Crippen LogP contribution in [0.2, 0.25) is 5.02 Å². The summed E-state index contributed by atoms with van der Waals surface area (Å²) < 4.78 is 39.6. The maximum absolute atomic E-state index is 12.9. The average molecular weight is 338 g/mol. The van der Waals surface area contributed by atoms with Crippen molar-refractivity contribution in [3.63, 3.8) is 0 Å². The van der Waals surface area contributed by atoms with Crippen molar-refractivity contribution in [2.75, 3.05) is 13.1 Å². The van der Waals surface area contributed by atoms with E-state index in [1.807, 2.05) is 0 Å². The normalized spacial score (nSPS) is 21.0. The third-order valence-electron chi connectivity index (χ3n) is 4.04. The highest BCUT2D eigenvalue weighted by Gasteiger charge is 2.39. The van der Waals surface area contributed by atoms with E-state index in [2.05, 4.69) is 12.0 Å². The van der Waals surface area contributed by atoms with Crippen molar-refractivity contribution in [1.82, 2.24) is 14.7 Å². The van der Waals surface area contributed by atoms with Gasteiger partial charge in [-0.1, -0.05) is 18.5 Å². The summed E-state index contributed by atoms with van der Waals surface area (Å²) in [6.45, 7) is 6.31. The zero-order valence-electron chi connectivity index (χ0n) is 12.7. The van der Waals surface area contributed by atoms with Crippen molar-refractivity contribution in [1.29, 1.82) is 0 Å². The van der Waals surface area contributed by atoms with Gasteiger partial charge in [0.05, 0.1) is 10.7 Å². The quantitative estimate of drug-likeness (QED) is 0.825. The number of carbonyl (C=O) groups is 1. The maximum Gasteiger partial charge on any atom is 0.436 e. The van der Waals surface area contributed by atoms with Crippen molar-refractivity contribution >= 4 is 17.5 Å². The number of hydrogen-bond acceptors (Lipinski definition) is 2. The number of halogens is 4. The molecule has 1 aliphatic rings. The van der Waals surface area contributed by atoms with Gasteiger partial charge in [0, 0.05) is 13.1 Å². The Labute approximate surface area is 132 Å². The fourth-order valence-corrected chi connectivity index (χ4v) is 3.05. The minimum atomic E-state index is -4.63. The zero-order valence-corrected chi connectivity index (χ0v) is 13.5. The molecule has 8 heteroatoms. The van der Waals surface area contributed by atoms with E-state index in [1.54, 1.807) is 11.8 Å². The Balaban J connectivity index is 2.26. The van der Waals surface area contributed by atoms with Crippen molar-refractivity contribution in [3.8, 4) is 0 Å². The lowest BCUT2D eigenvalue weighted by Crippen LogP contribution is -2.42. The molecule has 124 valence electrons. The van der Waals surface area contributed by atoms with Gasteiger partial charge < -0.3 is 4.90 Å². The first-order chi connectivity index (χ1) is 10.1. The van der Waals surface area contributed by atoms with Gasteiger partial charge >= 0.3 is 6.18 Å². The zero-order chi connectivity index (χ0) is 16.7. The van der Waals surface area contributed by atoms with Crippen LogP contribution in [0.1, 0.15) is 44.1 Å². The van der Waals surface area contributed by atoms with Gasteiger partial charge in [0.25, 0.3) is 0 Å². The second kappa shape index (κ2) is 6.10. The average Bonchev–Trinajstić information content (AvgIpc) is 2.73. The first-order valence-electron chi connectivity index (χ1n) is 7.23. The number of amides is 1. The SMILES string of the molecule is Cc1c(Cl)c(C(F)(F)F)nn1C(C)C(=O)N1CCCC(C)C1. The lowest BCUT2D eigenvalue weighted by atomic mass is 10.00. The van der Waals surface area contributed by atoms with Crippen LogP contribution in [0.4, 0.5) is 13.2 Å². The lowest BCUT2D eigenvalue weighted by Gasteiger charge is -2.33. The monoisotopic (exact) mass is 337 g/mol. The van der Waals surface area contributed by atoms with Crippen LogP contribution in [0.15, 0.2) is 0 Å². The van der Waals surface area contributed by atoms with Gasteiger partial charge in [-0.3, -0.25) is 9.48 Å². The molecule has 2 atom stereocenters. The molecule has 0 radical (unpaired) electrons. The first-order valence-corrected chi connectivity index (χ1v) is 7.61. The molecule has 1 fully saturated rings. The van der Waals surface area contributed by atoms with Crippen LogP contribution in [-0.2, 0) is 11.0 Å². The highest BCUT2D eigenvalue weighted by Crippen LogP contribution is 2.36. The Kier molecular flexibility index (Phi) is 4.75. The summed E-state index contributed by atoms with van der Waals surface area (Å²) in [6.07, 6.45) is -2.66. The summed E-state index contributed by atoms with van der Waals surface area (Å²) in [4.78, 5) is 14.2. The summed E-state index contributed by atoms with van der Waals surface area (Å²) in [6, 6.07) is -0.807. The number of rotatable bonds is 2. The second-order valence-electron chi connectivity index (χ2n) is 5.90. The molecular weight excluding hydrogens is 319 g/mol. The van der Waals surface area contributed by atoms with Gasteiger partial charge in [0.1, 0.15) is 6.04 Å². The molecule has 1 aromatic heterocycles. The summed E-state index contributed by atoms with van der Waals surface area (Å²) in [5, 5.41) is 3.08. The summed E-state index contributed by atoms with van der Waals surface area (Å²) in [7, 11) is 0. The topological polar surface area (TPSA) is 38.1 Å². The molecule has 1 aromatic rings. The number of aromatic nitrogens is 2. The van der Waals surface area contributed by atoms with E-state index in [1.165, 1.54) is 6.92 Å². The van der Waals surface area contributed by atoms with E-state index in [9.17, 15) is 18.0 Å². The van der Waals surface area contributed by atoms with Crippen molar-refractivity contribution in [3.05, 3.63) is 16.4 Å². The second-order valence-corrected chi connectivity index (χ2v) is 6.28. The maximum atomic E-state index is 12.9. The van der Waals surface area contributed by atoms with E-state index in [-0.39, 0.29) is 11.6 Å². The molecule has 0 bridgehead atoms. The van der Waals surface area contributed by atoms with Gasteiger partial charge in [-0.15, -0.1) is 0 Å². The Morgan fingerprint density at radius 1 is 1.45 bits per heavy atom. The predicted octanol–water partition coefficient (Wildman–Crippen LogP) is 3.68. The van der Waals surface area contributed by atoms with Crippen LogP contribution >= 0.6 is 11.6 Å². The standard InChI is InChI=1S/C14H19ClF3N3O/c1-8-5-4-6-20(7-8)13(22)10(3)21-9(2)11(15)12(19-21)14(16,17)18/h8,10H,4-7H2,1-3H3. The Morgan fingerprint density at radius 3 is 2.59 bits per heavy atom. The van der Waals surface area contributed by atoms with Crippen molar-refractivity contribution in [2.24, 2.45) is 5.92 Å². The Morgan fingerprint density at radius 2 is 2.09 bits per heavy atom. The summed E-state index contributed by atoms with van der Waals surface area (Å²) in [5.74, 6) is 0.181. The first kappa shape index (κ1) is 17.1. The fourth-order valence-electron chi connectivity index (χ4n) is 2.82. The Hall–Kier alpha value is -1.24. The molecule has 0 saturated carbocycles. The van der Waals surface area contributed by atoms with Gasteiger partial charge in [-0.25, -0.2) is 0 Å². The number of piperidine rings is 1. The predicted molar refractivity (Wildman–Crippen MR) is 76.7 cm³/mol. The van der Waals surface area contributed by atoms with Crippen LogP contribution in [-0.4, -0.2) is 33.7 Å². The molecule has 0 aromatic carbocycles. The van der Waals surface area contributed by atoms with E-state index in [0.29, 0.717) is 19.0 Å². The van der Waals surface area contributed by atoms with Gasteiger partial charge in [-0.2, -0.15) is 18.3 Å². The molecular formula is C14H19ClF3N3O. The van der Waals surface area contributed by atoms with Gasteiger partial charge in [-0.05, 0) is 32.6 Å². The van der Waals surface area contributed by atoms with E-state index < -0.39 is 22.9 Å². The van der Waals surface area contributed by atoms with E-state index in [4.69, 9.17) is 11.6 Å². The molecule has 0 aliphatic carbocycles. The molecule has 22 heavy (non-hydrogen) atoms. The van der Waals surface area contributed by atoms with Crippen LogP contribution in [0, 0.1) is 12.8 Å². The van der Waals surface area contributed by atoms with Crippen LogP contribution < -0.4 is 0 Å². The molecule has 1 amide bonds. The molecule has 2 unspecified atom stereocenters. The molecule has 1 saturated heterocycles. The lowest BCUT2D eigenvalue weighted by molar-refractivity contribution is -0.142. The third kappa shape index (κ3) is 3.24. The molecule has 0 N–H and O–H groups in total. The highest BCUT2D eigenvalue weighted by atomic mass is 35.5. The van der Waals surface area contributed by atoms with Crippen LogP contribution in [0.3, 0.4) is 0 Å². The number of carbonyl (C=O) groups excluding carboxylic acids is 1. The van der Waals surface area contributed by atoms with E-state index in [0.717, 1.165) is 17.5 Å². The number of likely N-dealkylation sites (tertiary alicyclic amines) is 1. The minimum absolute atomic E-state index is 0.153. The summed E-state index contributed by atoms with van der Waals surface area (Å²) >= 11 is 5.73. The number of alkyl halides is 3. The smallest absolute Gasteiger partial charge is 0.341 e. The highest BCUT2D eigenvalue weighted by molar-refractivity contribution is 6.32.